The van der Waals surface area contributed by atoms with Gasteiger partial charge < -0.3 is 4.74 Å². The van der Waals surface area contributed by atoms with E-state index in [1.165, 1.54) is 6.07 Å². The zero-order chi connectivity index (χ0) is 11.9. The minimum Gasteiger partial charge on any atom is -0.493 e. The Balaban J connectivity index is 2.18. The highest BCUT2D eigenvalue weighted by Gasteiger charge is 2.49. The molecule has 4 heteroatoms. The Bertz CT molecular complexity index is 516. The molecule has 0 saturated heterocycles. The maximum Gasteiger partial charge on any atom is 0.235 e. The van der Waals surface area contributed by atoms with Gasteiger partial charge in [0.15, 0.2) is 0 Å². The number of halogens is 1. The van der Waals surface area contributed by atoms with E-state index in [4.69, 9.17) is 4.74 Å². The molecule has 1 fully saturated rings. The van der Waals surface area contributed by atoms with Gasteiger partial charge in [-0.05, 0) is 37.3 Å². The van der Waals surface area contributed by atoms with Gasteiger partial charge >= 0.3 is 0 Å². The number of benzene rings is 1. The summed E-state index contributed by atoms with van der Waals surface area (Å²) in [5.41, 5.74) is 0.771. The number of nitrogens with zero attached hydrogens (tertiary/aromatic N) is 1. The van der Waals surface area contributed by atoms with Crippen molar-refractivity contribution in [3.8, 4) is 5.75 Å². The number of aliphatic imine (C=N–C) groups is 1. The molecular formula is C13H12FNO2. The highest BCUT2D eigenvalue weighted by molar-refractivity contribution is 5.52. The van der Waals surface area contributed by atoms with Crippen LogP contribution in [0.1, 0.15) is 30.4 Å². The molecule has 2 aliphatic rings. The van der Waals surface area contributed by atoms with Crippen LogP contribution < -0.4 is 4.74 Å². The Morgan fingerprint density at radius 3 is 2.94 bits per heavy atom. The molecule has 1 heterocycles. The molecule has 1 aliphatic carbocycles. The molecule has 0 N–H and O–H groups in total. The van der Waals surface area contributed by atoms with Gasteiger partial charge in [0.25, 0.3) is 0 Å². The van der Waals surface area contributed by atoms with E-state index in [0.29, 0.717) is 30.8 Å². The summed E-state index contributed by atoms with van der Waals surface area (Å²) in [5.74, 6) is 0.273. The molecule has 0 spiro atoms. The number of isocyanates is 1. The second-order valence-corrected chi connectivity index (χ2v) is 4.60. The predicted octanol–water partition coefficient (Wildman–Crippen LogP) is 2.48. The highest BCUT2D eigenvalue weighted by Crippen LogP contribution is 2.54. The number of hydrogen-bond donors (Lipinski definition) is 0. The lowest BCUT2D eigenvalue weighted by atomic mass is 9.96. The lowest BCUT2D eigenvalue weighted by Gasteiger charge is -2.23. The zero-order valence-electron chi connectivity index (χ0n) is 9.33. The monoisotopic (exact) mass is 233 g/mol. The Morgan fingerprint density at radius 2 is 2.24 bits per heavy atom. The van der Waals surface area contributed by atoms with Gasteiger partial charge in [0.05, 0.1) is 12.2 Å². The van der Waals surface area contributed by atoms with Crippen LogP contribution in [0, 0.1) is 5.82 Å². The predicted molar refractivity (Wildman–Crippen MR) is 59.2 cm³/mol. The Kier molecular flexibility index (Phi) is 2.26. The molecule has 0 aromatic heterocycles. The fourth-order valence-corrected chi connectivity index (χ4v) is 2.46. The van der Waals surface area contributed by atoms with E-state index in [2.05, 4.69) is 4.99 Å². The Hall–Kier alpha value is -1.67. The van der Waals surface area contributed by atoms with Gasteiger partial charge in [0, 0.05) is 0 Å². The average Bonchev–Trinajstić information content (AvgIpc) is 3.10. The average molecular weight is 233 g/mol. The number of carbonyl (C=O) groups excluding carboxylic acids is 1. The standard InChI is InChI=1S/C13H12FNO2/c14-10-4-3-9-2-1-7-17-12(9)11(10)13(5-6-13)15-8-16/h3-4H,1-2,5-7H2. The summed E-state index contributed by atoms with van der Waals surface area (Å²) in [4.78, 5) is 14.2. The molecule has 1 aromatic carbocycles. The Labute approximate surface area is 98.3 Å². The van der Waals surface area contributed by atoms with Gasteiger partial charge in [-0.3, -0.25) is 0 Å². The van der Waals surface area contributed by atoms with E-state index in [1.807, 2.05) is 0 Å². The zero-order valence-corrected chi connectivity index (χ0v) is 9.33. The smallest absolute Gasteiger partial charge is 0.235 e. The first-order chi connectivity index (χ1) is 8.27. The number of hydrogen-bond acceptors (Lipinski definition) is 3. The van der Waals surface area contributed by atoms with Crippen LogP contribution in [0.3, 0.4) is 0 Å². The van der Waals surface area contributed by atoms with Crippen LogP contribution in [-0.2, 0) is 16.8 Å². The van der Waals surface area contributed by atoms with Gasteiger partial charge in [-0.2, -0.15) is 4.99 Å². The lowest BCUT2D eigenvalue weighted by molar-refractivity contribution is 0.280. The van der Waals surface area contributed by atoms with E-state index in [9.17, 15) is 9.18 Å². The van der Waals surface area contributed by atoms with E-state index < -0.39 is 5.54 Å². The van der Waals surface area contributed by atoms with Crippen molar-refractivity contribution in [3.05, 3.63) is 29.1 Å². The van der Waals surface area contributed by atoms with E-state index >= 15 is 0 Å². The van der Waals surface area contributed by atoms with Crippen LogP contribution in [0.25, 0.3) is 0 Å². The number of rotatable bonds is 2. The third-order valence-electron chi connectivity index (χ3n) is 3.47. The fraction of sp³-hybridized carbons (Fsp3) is 0.462. The van der Waals surface area contributed by atoms with Crippen molar-refractivity contribution in [2.75, 3.05) is 6.61 Å². The Morgan fingerprint density at radius 1 is 1.41 bits per heavy atom. The summed E-state index contributed by atoms with van der Waals surface area (Å²) in [6.45, 7) is 0.602. The largest absolute Gasteiger partial charge is 0.493 e. The van der Waals surface area contributed by atoms with E-state index in [-0.39, 0.29) is 5.82 Å². The molecule has 0 radical (unpaired) electrons. The molecule has 0 amide bonds. The molecule has 3 nitrogen and oxygen atoms in total. The number of fused-ring (bicyclic) bond motifs is 1. The van der Waals surface area contributed by atoms with Crippen molar-refractivity contribution in [1.29, 1.82) is 0 Å². The van der Waals surface area contributed by atoms with Crippen molar-refractivity contribution in [2.45, 2.75) is 31.2 Å². The molecule has 17 heavy (non-hydrogen) atoms. The van der Waals surface area contributed by atoms with Crippen molar-refractivity contribution < 1.29 is 13.9 Å². The van der Waals surface area contributed by atoms with Crippen LogP contribution in [-0.4, -0.2) is 12.7 Å². The summed E-state index contributed by atoms with van der Waals surface area (Å²) in [6.07, 6.45) is 4.78. The summed E-state index contributed by atoms with van der Waals surface area (Å²) >= 11 is 0. The third kappa shape index (κ3) is 1.56. The van der Waals surface area contributed by atoms with Gasteiger partial charge in [0.1, 0.15) is 17.1 Å². The summed E-state index contributed by atoms with van der Waals surface area (Å²) in [7, 11) is 0. The molecular weight excluding hydrogens is 221 g/mol. The first-order valence-electron chi connectivity index (χ1n) is 5.80. The maximum atomic E-state index is 14.0. The molecule has 0 bridgehead atoms. The molecule has 0 atom stereocenters. The van der Waals surface area contributed by atoms with Crippen molar-refractivity contribution in [2.24, 2.45) is 4.99 Å². The van der Waals surface area contributed by atoms with Gasteiger partial charge in [-0.1, -0.05) is 6.07 Å². The molecule has 3 rings (SSSR count). The number of aryl methyl sites for hydroxylation is 1. The molecule has 0 unspecified atom stereocenters. The maximum absolute atomic E-state index is 14.0. The second-order valence-electron chi connectivity index (χ2n) is 4.60. The van der Waals surface area contributed by atoms with E-state index in [0.717, 1.165) is 18.4 Å². The van der Waals surface area contributed by atoms with E-state index in [1.54, 1.807) is 12.1 Å². The van der Waals surface area contributed by atoms with Crippen LogP contribution in [0.5, 0.6) is 5.75 Å². The van der Waals surface area contributed by atoms with Crippen molar-refractivity contribution >= 4 is 6.08 Å². The normalized spacial score (nSPS) is 19.8. The first kappa shape index (κ1) is 10.5. The van der Waals surface area contributed by atoms with Crippen LogP contribution in [0.15, 0.2) is 17.1 Å². The summed E-state index contributed by atoms with van der Waals surface area (Å²) in [5, 5.41) is 0. The topological polar surface area (TPSA) is 38.7 Å². The van der Waals surface area contributed by atoms with Crippen molar-refractivity contribution in [1.82, 2.24) is 0 Å². The summed E-state index contributed by atoms with van der Waals surface area (Å²) < 4.78 is 19.5. The van der Waals surface area contributed by atoms with Gasteiger partial charge in [-0.15, -0.1) is 0 Å². The SMILES string of the molecule is O=C=NC1(c2c(F)ccc3c2OCCC3)CC1. The third-order valence-corrected chi connectivity index (χ3v) is 3.47. The summed E-state index contributed by atoms with van der Waals surface area (Å²) in [6, 6.07) is 3.21. The second kappa shape index (κ2) is 3.67. The quantitative estimate of drug-likeness (QED) is 0.581. The van der Waals surface area contributed by atoms with Crippen LogP contribution in [0.4, 0.5) is 4.39 Å². The van der Waals surface area contributed by atoms with Crippen LogP contribution in [0.2, 0.25) is 0 Å². The lowest BCUT2D eigenvalue weighted by Crippen LogP contribution is -2.16. The van der Waals surface area contributed by atoms with Gasteiger partial charge in [0.2, 0.25) is 6.08 Å². The van der Waals surface area contributed by atoms with Crippen molar-refractivity contribution in [3.63, 3.8) is 0 Å². The van der Waals surface area contributed by atoms with Gasteiger partial charge in [-0.25, -0.2) is 9.18 Å². The minimum absolute atomic E-state index is 0.331. The number of ether oxygens (including phenoxy) is 1. The first-order valence-corrected chi connectivity index (χ1v) is 5.80. The molecule has 1 saturated carbocycles. The highest BCUT2D eigenvalue weighted by atomic mass is 19.1. The van der Waals surface area contributed by atoms with Crippen LogP contribution >= 0.6 is 0 Å². The minimum atomic E-state index is -0.700. The molecule has 1 aromatic rings. The molecule has 88 valence electrons. The molecule has 1 aliphatic heterocycles. The fourth-order valence-electron chi connectivity index (χ4n) is 2.46.